The second-order valence-electron chi connectivity index (χ2n) is 9.76. The van der Waals surface area contributed by atoms with E-state index in [1.54, 1.807) is 91.7 Å². The first-order valence-electron chi connectivity index (χ1n) is 13.8. The lowest BCUT2D eigenvalue weighted by Crippen LogP contribution is -2.50. The summed E-state index contributed by atoms with van der Waals surface area (Å²) in [4.78, 5) is 30.1. The number of anilines is 1. The monoisotopic (exact) mass is 667 g/mol. The summed E-state index contributed by atoms with van der Waals surface area (Å²) in [5.74, 6) is -0.127. The molecule has 0 bridgehead atoms. The predicted octanol–water partition coefficient (Wildman–Crippen LogP) is 5.57. The van der Waals surface area contributed by atoms with Crippen LogP contribution in [0.5, 0.6) is 5.75 Å². The van der Waals surface area contributed by atoms with Gasteiger partial charge in [0.25, 0.3) is 5.69 Å². The Bertz CT molecular complexity index is 1630. The normalized spacial score (nSPS) is 15.4. The number of allylic oxidation sites excluding steroid dienone is 1. The van der Waals surface area contributed by atoms with Crippen LogP contribution in [0, 0.1) is 10.1 Å². The van der Waals surface area contributed by atoms with E-state index in [0.717, 1.165) is 11.3 Å². The molecular formula is C31H30ClN5O6S2. The number of rotatable bonds is 11. The minimum absolute atomic E-state index is 0.00696. The number of nitro benzene ring substituents is 1. The molecule has 1 heterocycles. The van der Waals surface area contributed by atoms with Crippen LogP contribution in [0.3, 0.4) is 0 Å². The standard InChI is InChI=1S/C31H30ClN5O6S2/c1-3-42-29(39)27-19(2)36(31(45)35-28(27)25-6-4-5-7-26(25)37(40)41)17-23(38)18-43-24-14-8-20(9-15-24)16-33-30(44)34-22-12-10-21(32)11-13-22/h4-16,23,28,38H,3,17-18H2,1-2H3,(H,34,44)(H,35,45)/b33-16+. The van der Waals surface area contributed by atoms with Gasteiger partial charge in [-0.2, -0.15) is 0 Å². The fourth-order valence-electron chi connectivity index (χ4n) is 4.53. The van der Waals surface area contributed by atoms with E-state index >= 15 is 0 Å². The molecule has 0 aromatic heterocycles. The van der Waals surface area contributed by atoms with Gasteiger partial charge in [-0.3, -0.25) is 10.1 Å². The fourth-order valence-corrected chi connectivity index (χ4v) is 5.16. The number of aliphatic imine (C=N–C) groups is 1. The third-order valence-electron chi connectivity index (χ3n) is 6.68. The number of hydrogen-bond acceptors (Lipinski definition) is 8. The van der Waals surface area contributed by atoms with Gasteiger partial charge in [-0.25, -0.2) is 9.79 Å². The summed E-state index contributed by atoms with van der Waals surface area (Å²) in [5.41, 5.74) is 2.23. The van der Waals surface area contributed by atoms with Crippen molar-refractivity contribution in [3.63, 3.8) is 0 Å². The molecule has 14 heteroatoms. The Balaban J connectivity index is 1.40. The number of hydrogen-bond donors (Lipinski definition) is 3. The van der Waals surface area contributed by atoms with Crippen molar-refractivity contribution < 1.29 is 24.3 Å². The number of thiocarbonyl (C=S) groups is 2. The van der Waals surface area contributed by atoms with Gasteiger partial charge in [-0.15, -0.1) is 0 Å². The van der Waals surface area contributed by atoms with Gasteiger partial charge in [0, 0.05) is 28.7 Å². The van der Waals surface area contributed by atoms with E-state index in [1.807, 2.05) is 0 Å². The Morgan fingerprint density at radius 2 is 1.89 bits per heavy atom. The maximum absolute atomic E-state index is 13.1. The number of ether oxygens (including phenoxy) is 2. The molecule has 3 aromatic rings. The van der Waals surface area contributed by atoms with Crippen molar-refractivity contribution in [2.45, 2.75) is 26.0 Å². The number of carbonyl (C=O) groups is 1. The van der Waals surface area contributed by atoms with E-state index in [-0.39, 0.29) is 46.8 Å². The second-order valence-corrected chi connectivity index (χ2v) is 11.0. The molecule has 2 unspecified atom stereocenters. The highest BCUT2D eigenvalue weighted by Crippen LogP contribution is 2.36. The quantitative estimate of drug-likeness (QED) is 0.0777. The highest BCUT2D eigenvalue weighted by molar-refractivity contribution is 7.80. The molecule has 234 valence electrons. The summed E-state index contributed by atoms with van der Waals surface area (Å²) in [5, 5.41) is 29.7. The number of β-amino-alcohol motifs (C(OH)–C–C–N with tert-alkyl or cyclic N) is 1. The van der Waals surface area contributed by atoms with Crippen LogP contribution in [0.2, 0.25) is 5.02 Å². The van der Waals surface area contributed by atoms with Crippen LogP contribution in [0.1, 0.15) is 31.0 Å². The molecule has 0 saturated carbocycles. The lowest BCUT2D eigenvalue weighted by molar-refractivity contribution is -0.385. The Kier molecular flexibility index (Phi) is 11.5. The largest absolute Gasteiger partial charge is 0.491 e. The van der Waals surface area contributed by atoms with Gasteiger partial charge in [0.15, 0.2) is 10.2 Å². The number of carbonyl (C=O) groups excluding carboxylic acids is 1. The van der Waals surface area contributed by atoms with Crippen molar-refractivity contribution in [3.8, 4) is 5.75 Å². The molecule has 3 aromatic carbocycles. The molecule has 0 spiro atoms. The lowest BCUT2D eigenvalue weighted by atomic mass is 9.93. The molecule has 0 aliphatic carbocycles. The van der Waals surface area contributed by atoms with Gasteiger partial charge in [0.2, 0.25) is 0 Å². The Morgan fingerprint density at radius 1 is 1.20 bits per heavy atom. The molecule has 0 saturated heterocycles. The van der Waals surface area contributed by atoms with Gasteiger partial charge < -0.3 is 30.1 Å². The summed E-state index contributed by atoms with van der Waals surface area (Å²) >= 11 is 16.7. The van der Waals surface area contributed by atoms with Crippen molar-refractivity contribution in [2.75, 3.05) is 25.1 Å². The number of aliphatic hydroxyl groups is 1. The number of nitro groups is 1. The minimum atomic E-state index is -1.01. The molecule has 45 heavy (non-hydrogen) atoms. The van der Waals surface area contributed by atoms with Crippen molar-refractivity contribution in [2.24, 2.45) is 4.99 Å². The smallest absolute Gasteiger partial charge is 0.338 e. The van der Waals surface area contributed by atoms with Gasteiger partial charge in [0.05, 0.1) is 35.3 Å². The van der Waals surface area contributed by atoms with E-state index in [0.29, 0.717) is 16.5 Å². The van der Waals surface area contributed by atoms with Gasteiger partial charge in [-0.1, -0.05) is 23.7 Å². The van der Waals surface area contributed by atoms with Crippen molar-refractivity contribution in [3.05, 3.63) is 110 Å². The van der Waals surface area contributed by atoms with E-state index in [2.05, 4.69) is 15.6 Å². The Morgan fingerprint density at radius 3 is 2.56 bits per heavy atom. The highest BCUT2D eigenvalue weighted by atomic mass is 35.5. The Hall–Kier alpha value is -4.43. The lowest BCUT2D eigenvalue weighted by Gasteiger charge is -2.38. The number of aliphatic hydroxyl groups excluding tert-OH is 1. The van der Waals surface area contributed by atoms with E-state index in [1.165, 1.54) is 6.07 Å². The summed E-state index contributed by atoms with van der Waals surface area (Å²) in [7, 11) is 0. The Labute approximate surface area is 275 Å². The number of benzene rings is 3. The first-order chi connectivity index (χ1) is 21.6. The zero-order valence-corrected chi connectivity index (χ0v) is 26.7. The van der Waals surface area contributed by atoms with E-state index < -0.39 is 23.0 Å². The number of esters is 1. The van der Waals surface area contributed by atoms with Crippen LogP contribution in [0.25, 0.3) is 0 Å². The zero-order chi connectivity index (χ0) is 32.5. The van der Waals surface area contributed by atoms with Crippen molar-refractivity contribution in [1.82, 2.24) is 10.2 Å². The average molecular weight is 668 g/mol. The van der Waals surface area contributed by atoms with Gasteiger partial charge in [-0.05, 0) is 98.4 Å². The molecule has 1 aliphatic rings. The second kappa shape index (κ2) is 15.5. The van der Waals surface area contributed by atoms with Gasteiger partial charge in [0.1, 0.15) is 18.5 Å². The molecule has 3 N–H and O–H groups in total. The topological polar surface area (TPSA) is 139 Å². The number of nitrogens with zero attached hydrogens (tertiary/aromatic N) is 3. The maximum Gasteiger partial charge on any atom is 0.338 e. The molecule has 2 atom stereocenters. The summed E-state index contributed by atoms with van der Waals surface area (Å²) in [6, 6.07) is 19.4. The van der Waals surface area contributed by atoms with Crippen LogP contribution in [-0.4, -0.2) is 63.2 Å². The summed E-state index contributed by atoms with van der Waals surface area (Å²) in [6.07, 6.45) is 0.602. The van der Waals surface area contributed by atoms with E-state index in [9.17, 15) is 20.0 Å². The summed E-state index contributed by atoms with van der Waals surface area (Å²) < 4.78 is 11.1. The average Bonchev–Trinajstić information content (AvgIpc) is 3.02. The molecule has 1 aliphatic heterocycles. The van der Waals surface area contributed by atoms with E-state index in [4.69, 9.17) is 45.5 Å². The molecular weight excluding hydrogens is 638 g/mol. The van der Waals surface area contributed by atoms with Crippen molar-refractivity contribution >= 4 is 69.8 Å². The zero-order valence-electron chi connectivity index (χ0n) is 24.3. The molecule has 0 fully saturated rings. The first-order valence-corrected chi connectivity index (χ1v) is 15.0. The molecule has 4 rings (SSSR count). The minimum Gasteiger partial charge on any atom is -0.491 e. The van der Waals surface area contributed by atoms with Crippen LogP contribution in [-0.2, 0) is 9.53 Å². The fraction of sp³-hybridized carbons (Fsp3) is 0.226. The molecule has 11 nitrogen and oxygen atoms in total. The van der Waals surface area contributed by atoms with Crippen molar-refractivity contribution in [1.29, 1.82) is 0 Å². The molecule has 0 radical (unpaired) electrons. The SMILES string of the molecule is CCOC(=O)C1=C(C)N(CC(O)COc2ccc(/C=N/C(=S)Nc3ccc(Cl)cc3)cc2)C(=S)NC1c1ccccc1[N+](=O)[O-]. The first kappa shape index (κ1) is 33.5. The number of nitrogens with one attached hydrogen (secondary N) is 2. The number of para-hydroxylation sites is 1. The van der Waals surface area contributed by atoms with Crippen LogP contribution in [0.4, 0.5) is 11.4 Å². The third-order valence-corrected chi connectivity index (χ3v) is 7.48. The van der Waals surface area contributed by atoms with Crippen LogP contribution < -0.4 is 15.4 Å². The van der Waals surface area contributed by atoms with Gasteiger partial charge >= 0.3 is 5.97 Å². The summed E-state index contributed by atoms with van der Waals surface area (Å²) in [6.45, 7) is 3.36. The maximum atomic E-state index is 13.1. The third kappa shape index (κ3) is 8.82. The van der Waals surface area contributed by atoms with Crippen LogP contribution >= 0.6 is 36.0 Å². The highest BCUT2D eigenvalue weighted by Gasteiger charge is 2.38. The number of halogens is 1. The van der Waals surface area contributed by atoms with Crippen LogP contribution in [0.15, 0.2) is 89.1 Å². The molecule has 0 amide bonds. The predicted molar refractivity (Wildman–Crippen MR) is 181 cm³/mol.